The van der Waals surface area contributed by atoms with Gasteiger partial charge in [0.15, 0.2) is 0 Å². The number of rotatable bonds is 2. The van der Waals surface area contributed by atoms with E-state index in [1.54, 1.807) is 6.92 Å². The van der Waals surface area contributed by atoms with Gasteiger partial charge >= 0.3 is 5.97 Å². The molecule has 0 saturated heterocycles. The second kappa shape index (κ2) is 5.50. The van der Waals surface area contributed by atoms with E-state index in [2.05, 4.69) is 36.9 Å². The zero-order chi connectivity index (χ0) is 16.7. The molecular formula is C22H16O2. The van der Waals surface area contributed by atoms with Crippen LogP contribution in [0.15, 0.2) is 78.9 Å². The Hall–Kier alpha value is -3.13. The van der Waals surface area contributed by atoms with Crippen molar-refractivity contribution in [1.29, 1.82) is 0 Å². The first-order valence-corrected chi connectivity index (χ1v) is 7.86. The molecule has 0 saturated carbocycles. The topological polar surface area (TPSA) is 26.3 Å². The maximum absolute atomic E-state index is 12.0. The van der Waals surface area contributed by atoms with Crippen molar-refractivity contribution >= 4 is 38.3 Å². The maximum atomic E-state index is 12.0. The molecule has 0 aliphatic rings. The lowest BCUT2D eigenvalue weighted by Gasteiger charge is -2.06. The molecule has 0 spiro atoms. The average molecular weight is 312 g/mol. The molecule has 4 aromatic carbocycles. The van der Waals surface area contributed by atoms with Gasteiger partial charge in [-0.15, -0.1) is 0 Å². The summed E-state index contributed by atoms with van der Waals surface area (Å²) in [6.45, 7) is 5.32. The van der Waals surface area contributed by atoms with Crippen molar-refractivity contribution in [1.82, 2.24) is 0 Å². The molecule has 0 atom stereocenters. The second-order valence-electron chi connectivity index (χ2n) is 5.97. The van der Waals surface area contributed by atoms with Gasteiger partial charge in [0, 0.05) is 11.0 Å². The highest BCUT2D eigenvalue weighted by molar-refractivity contribution is 6.22. The molecule has 116 valence electrons. The molecule has 0 bridgehead atoms. The van der Waals surface area contributed by atoms with E-state index < -0.39 is 5.97 Å². The predicted octanol–water partition coefficient (Wildman–Crippen LogP) is 5.63. The van der Waals surface area contributed by atoms with Crippen LogP contribution in [-0.4, -0.2) is 5.97 Å². The molecule has 0 aromatic heterocycles. The summed E-state index contributed by atoms with van der Waals surface area (Å²) in [5.41, 5.74) is 0.384. The molecular weight excluding hydrogens is 296 g/mol. The quantitative estimate of drug-likeness (QED) is 0.354. The van der Waals surface area contributed by atoms with E-state index in [0.717, 1.165) is 21.5 Å². The Balaban J connectivity index is 2.12. The third kappa shape index (κ3) is 2.24. The monoisotopic (exact) mass is 312 g/mol. The van der Waals surface area contributed by atoms with Crippen LogP contribution in [0.25, 0.3) is 32.3 Å². The van der Waals surface area contributed by atoms with Crippen LogP contribution in [0.2, 0.25) is 0 Å². The van der Waals surface area contributed by atoms with Crippen LogP contribution in [0.4, 0.5) is 0 Å². The lowest BCUT2D eigenvalue weighted by atomic mass is 10.1. The molecule has 4 aromatic rings. The van der Waals surface area contributed by atoms with Gasteiger partial charge in [-0.2, -0.15) is 0 Å². The number of esters is 1. The molecule has 4 rings (SSSR count). The highest BCUT2D eigenvalue weighted by Gasteiger charge is 2.13. The molecule has 0 radical (unpaired) electrons. The minimum atomic E-state index is -0.407. The van der Waals surface area contributed by atoms with Gasteiger partial charge in [0.05, 0.1) is 0 Å². The van der Waals surface area contributed by atoms with Crippen molar-refractivity contribution in [2.24, 2.45) is 0 Å². The van der Waals surface area contributed by atoms with Crippen LogP contribution in [0.1, 0.15) is 6.92 Å². The summed E-state index contributed by atoms with van der Waals surface area (Å²) in [7, 11) is 0. The van der Waals surface area contributed by atoms with E-state index in [-0.39, 0.29) is 0 Å². The van der Waals surface area contributed by atoms with Gasteiger partial charge in [0.2, 0.25) is 0 Å². The lowest BCUT2D eigenvalue weighted by molar-refractivity contribution is -0.129. The molecule has 0 amide bonds. The van der Waals surface area contributed by atoms with Crippen molar-refractivity contribution < 1.29 is 9.53 Å². The highest BCUT2D eigenvalue weighted by atomic mass is 16.5. The van der Waals surface area contributed by atoms with Crippen LogP contribution in [-0.2, 0) is 4.79 Å². The Morgan fingerprint density at radius 1 is 0.833 bits per heavy atom. The summed E-state index contributed by atoms with van der Waals surface area (Å²) in [6, 6.07) is 22.4. The normalized spacial score (nSPS) is 11.0. The minimum absolute atomic E-state index is 0.384. The van der Waals surface area contributed by atoms with E-state index >= 15 is 0 Å². The van der Waals surface area contributed by atoms with Crippen molar-refractivity contribution in [3.05, 3.63) is 78.9 Å². The fourth-order valence-electron chi connectivity index (χ4n) is 3.12. The Morgan fingerprint density at radius 2 is 1.54 bits per heavy atom. The first-order valence-electron chi connectivity index (χ1n) is 7.86. The first kappa shape index (κ1) is 14.5. The number of hydrogen-bond donors (Lipinski definition) is 0. The number of hydrogen-bond acceptors (Lipinski definition) is 2. The summed E-state index contributed by atoms with van der Waals surface area (Å²) in [6.07, 6.45) is 0. The standard InChI is InChI=1S/C22H16O2/c1-14(2)22(23)24-20-10-6-4-7-15-11-12-18-17-9-5-3-8-16(17)13-19(18)21(15)20/h3-13H,1H2,2H3. The first-order chi connectivity index (χ1) is 11.6. The minimum Gasteiger partial charge on any atom is -0.423 e. The van der Waals surface area contributed by atoms with Crippen LogP contribution < -0.4 is 4.74 Å². The van der Waals surface area contributed by atoms with Crippen molar-refractivity contribution in [2.75, 3.05) is 0 Å². The number of fused-ring (bicyclic) bond motifs is 5. The number of benzene rings is 2. The Morgan fingerprint density at radius 3 is 2.33 bits per heavy atom. The zero-order valence-electron chi connectivity index (χ0n) is 13.4. The predicted molar refractivity (Wildman–Crippen MR) is 99.4 cm³/mol. The Kier molecular flexibility index (Phi) is 3.31. The third-order valence-electron chi connectivity index (χ3n) is 4.26. The van der Waals surface area contributed by atoms with E-state index in [1.165, 1.54) is 10.8 Å². The van der Waals surface area contributed by atoms with Gasteiger partial charge in [-0.3, -0.25) is 0 Å². The summed E-state index contributed by atoms with van der Waals surface area (Å²) >= 11 is 0. The van der Waals surface area contributed by atoms with Crippen LogP contribution >= 0.6 is 0 Å². The third-order valence-corrected chi connectivity index (χ3v) is 4.26. The number of ether oxygens (including phenoxy) is 1. The van der Waals surface area contributed by atoms with Crippen LogP contribution in [0.3, 0.4) is 0 Å². The van der Waals surface area contributed by atoms with Gasteiger partial charge in [0.25, 0.3) is 0 Å². The SMILES string of the molecule is C=C(C)C(=O)Oc1ccccc2ccc3c4ccccc4cc3c12. The van der Waals surface area contributed by atoms with Crippen molar-refractivity contribution in [2.45, 2.75) is 6.92 Å². The van der Waals surface area contributed by atoms with Crippen LogP contribution in [0.5, 0.6) is 5.75 Å². The van der Waals surface area contributed by atoms with Gasteiger partial charge in [-0.25, -0.2) is 4.79 Å². The fourth-order valence-corrected chi connectivity index (χ4v) is 3.12. The number of carbonyl (C=O) groups excluding carboxylic acids is 1. The largest absolute Gasteiger partial charge is 0.423 e. The second-order valence-corrected chi connectivity index (χ2v) is 5.97. The lowest BCUT2D eigenvalue weighted by Crippen LogP contribution is -2.08. The van der Waals surface area contributed by atoms with Gasteiger partial charge in [0.1, 0.15) is 5.75 Å². The molecule has 2 nitrogen and oxygen atoms in total. The Labute approximate surface area is 140 Å². The molecule has 24 heavy (non-hydrogen) atoms. The van der Waals surface area contributed by atoms with Gasteiger partial charge < -0.3 is 4.74 Å². The molecule has 0 aliphatic carbocycles. The molecule has 2 heteroatoms. The molecule has 0 N–H and O–H groups in total. The van der Waals surface area contributed by atoms with E-state index in [4.69, 9.17) is 4.74 Å². The average Bonchev–Trinajstić information content (AvgIpc) is 2.83. The highest BCUT2D eigenvalue weighted by Crippen LogP contribution is 2.37. The maximum Gasteiger partial charge on any atom is 0.338 e. The zero-order valence-corrected chi connectivity index (χ0v) is 13.4. The summed E-state index contributed by atoms with van der Waals surface area (Å²) in [5.74, 6) is 0.152. The summed E-state index contributed by atoms with van der Waals surface area (Å²) in [5, 5.41) is 6.63. The van der Waals surface area contributed by atoms with E-state index in [1.807, 2.05) is 36.4 Å². The number of carbonyl (C=O) groups is 1. The molecule has 0 unspecified atom stereocenters. The Bertz CT molecular complexity index is 1120. The summed E-state index contributed by atoms with van der Waals surface area (Å²) in [4.78, 5) is 12.0. The van der Waals surface area contributed by atoms with Crippen molar-refractivity contribution in [3.8, 4) is 5.75 Å². The molecule has 0 heterocycles. The fraction of sp³-hybridized carbons (Fsp3) is 0.0455. The van der Waals surface area contributed by atoms with E-state index in [0.29, 0.717) is 11.3 Å². The summed E-state index contributed by atoms with van der Waals surface area (Å²) < 4.78 is 5.61. The molecule has 0 fully saturated rings. The van der Waals surface area contributed by atoms with Gasteiger partial charge in [-0.05, 0) is 46.0 Å². The van der Waals surface area contributed by atoms with Crippen molar-refractivity contribution in [3.63, 3.8) is 0 Å². The molecule has 0 aliphatic heterocycles. The smallest absolute Gasteiger partial charge is 0.338 e. The van der Waals surface area contributed by atoms with E-state index in [9.17, 15) is 4.79 Å². The van der Waals surface area contributed by atoms with Crippen LogP contribution in [0, 0.1) is 0 Å². The van der Waals surface area contributed by atoms with Gasteiger partial charge in [-0.1, -0.05) is 61.2 Å².